The molecule has 1 amide bonds. The number of pyridine rings is 1. The highest BCUT2D eigenvalue weighted by Gasteiger charge is 2.14. The number of hydrogen-bond donors (Lipinski definition) is 3. The van der Waals surface area contributed by atoms with Crippen LogP contribution in [0.1, 0.15) is 15.9 Å². The van der Waals surface area contributed by atoms with Gasteiger partial charge in [0, 0.05) is 29.9 Å². The number of nitrogens with one attached hydrogen (secondary N) is 3. The fraction of sp³-hybridized carbons (Fsp3) is 0.0476. The highest BCUT2D eigenvalue weighted by molar-refractivity contribution is 7.88. The summed E-state index contributed by atoms with van der Waals surface area (Å²) in [5, 5.41) is 28.7. The summed E-state index contributed by atoms with van der Waals surface area (Å²) in [6.45, 7) is 0.342. The van der Waals surface area contributed by atoms with E-state index in [-0.39, 0.29) is 22.4 Å². The van der Waals surface area contributed by atoms with E-state index in [1.54, 1.807) is 42.7 Å². The number of nitrogens with zero attached hydrogens (tertiary/aromatic N) is 3. The number of carbonyl (C=O) groups is 1. The lowest BCUT2D eigenvalue weighted by atomic mass is 10.1. The maximum Gasteiger partial charge on any atom is 0.254 e. The topological polar surface area (TPSA) is 161 Å². The maximum absolute atomic E-state index is 12.6. The summed E-state index contributed by atoms with van der Waals surface area (Å²) in [5.74, 6) is -0.511. The largest absolute Gasteiger partial charge is 0.493 e. The molecule has 2 heterocycles. The number of azo groups is 1. The minimum Gasteiger partial charge on any atom is -0.493 e. The average Bonchev–Trinajstić information content (AvgIpc) is 3.10. The summed E-state index contributed by atoms with van der Waals surface area (Å²) in [6.07, 6.45) is 3.29. The Kier molecular flexibility index (Phi) is 5.67. The van der Waals surface area contributed by atoms with Crippen LogP contribution in [-0.2, 0) is 16.6 Å². The smallest absolute Gasteiger partial charge is 0.254 e. The lowest BCUT2D eigenvalue weighted by Gasteiger charge is -2.05. The molecule has 0 saturated carbocycles. The highest BCUT2D eigenvalue weighted by atomic mass is 32.2. The van der Waals surface area contributed by atoms with Crippen LogP contribution >= 0.6 is 0 Å². The Balaban J connectivity index is 1.57. The molecule has 0 aliphatic carbocycles. The summed E-state index contributed by atoms with van der Waals surface area (Å²) in [4.78, 5) is 19.1. The van der Waals surface area contributed by atoms with Gasteiger partial charge in [0.15, 0.2) is 5.69 Å². The van der Waals surface area contributed by atoms with Crippen molar-refractivity contribution < 1.29 is 18.3 Å². The molecule has 11 heteroatoms. The van der Waals surface area contributed by atoms with Crippen molar-refractivity contribution >= 4 is 38.2 Å². The van der Waals surface area contributed by atoms with Gasteiger partial charge < -0.3 is 15.4 Å². The third-order valence-electron chi connectivity index (χ3n) is 4.63. The number of amides is 1. The van der Waals surface area contributed by atoms with E-state index in [1.165, 1.54) is 24.3 Å². The molecule has 2 aromatic heterocycles. The third-order valence-corrected chi connectivity index (χ3v) is 5.52. The first-order valence-electron chi connectivity index (χ1n) is 9.34. The lowest BCUT2D eigenvalue weighted by Crippen LogP contribution is -2.22. The van der Waals surface area contributed by atoms with Crippen molar-refractivity contribution in [1.29, 1.82) is 0 Å². The minimum absolute atomic E-state index is 0.140. The first-order valence-corrected chi connectivity index (χ1v) is 10.8. The van der Waals surface area contributed by atoms with E-state index in [4.69, 9.17) is 5.14 Å². The van der Waals surface area contributed by atoms with Gasteiger partial charge in [-0.15, -0.1) is 10.3 Å². The second-order valence-electron chi connectivity index (χ2n) is 6.82. The summed E-state index contributed by atoms with van der Waals surface area (Å²) in [7, 11) is -4.06. The maximum atomic E-state index is 12.6. The number of aromatic amines is 1. The molecule has 0 atom stereocenters. The van der Waals surface area contributed by atoms with Gasteiger partial charge in [-0.3, -0.25) is 9.78 Å². The van der Waals surface area contributed by atoms with Crippen LogP contribution in [-0.4, -0.2) is 29.4 Å². The SMILES string of the molecule is [NH]S(=O)(=O)c1ccc(N=Nc2c(O)[nH]c3ccc(C(=O)NCc4ccncc4)cc23)cc1. The highest BCUT2D eigenvalue weighted by Crippen LogP contribution is 2.36. The fourth-order valence-corrected chi connectivity index (χ4v) is 3.49. The van der Waals surface area contributed by atoms with Crippen molar-refractivity contribution in [2.75, 3.05) is 0 Å². The molecule has 4 rings (SSSR count). The van der Waals surface area contributed by atoms with Gasteiger partial charge in [-0.05, 0) is 60.2 Å². The summed E-state index contributed by atoms with van der Waals surface area (Å²) < 4.78 is 22.5. The number of carbonyl (C=O) groups excluding carboxylic acids is 1. The molecular weight excluding hydrogens is 432 g/mol. The predicted molar refractivity (Wildman–Crippen MR) is 116 cm³/mol. The number of sulfonamides is 1. The van der Waals surface area contributed by atoms with Crippen LogP contribution in [0, 0.1) is 0 Å². The van der Waals surface area contributed by atoms with Gasteiger partial charge in [-0.25, -0.2) is 8.42 Å². The van der Waals surface area contributed by atoms with Crippen molar-refractivity contribution in [3.8, 4) is 5.88 Å². The third kappa shape index (κ3) is 4.63. The zero-order valence-corrected chi connectivity index (χ0v) is 17.3. The number of fused-ring (bicyclic) bond motifs is 1. The Labute approximate surface area is 182 Å². The van der Waals surface area contributed by atoms with Crippen molar-refractivity contribution in [2.45, 2.75) is 11.4 Å². The molecule has 161 valence electrons. The van der Waals surface area contributed by atoms with Gasteiger partial charge in [0.2, 0.25) is 5.88 Å². The summed E-state index contributed by atoms with van der Waals surface area (Å²) in [6, 6.07) is 13.8. The summed E-state index contributed by atoms with van der Waals surface area (Å²) >= 11 is 0. The van der Waals surface area contributed by atoms with E-state index in [0.29, 0.717) is 28.7 Å². The molecule has 0 unspecified atom stereocenters. The number of rotatable bonds is 6. The molecule has 2 aromatic carbocycles. The van der Waals surface area contributed by atoms with Crippen LogP contribution in [0.4, 0.5) is 11.4 Å². The van der Waals surface area contributed by atoms with Gasteiger partial charge in [-0.2, -0.15) is 5.11 Å². The number of hydrogen-bond acceptors (Lipinski definition) is 7. The molecule has 4 N–H and O–H groups in total. The molecule has 0 aliphatic rings. The fourth-order valence-electron chi connectivity index (χ4n) is 2.99. The van der Waals surface area contributed by atoms with Crippen LogP contribution in [0.5, 0.6) is 5.88 Å². The zero-order chi connectivity index (χ0) is 22.7. The van der Waals surface area contributed by atoms with E-state index >= 15 is 0 Å². The van der Waals surface area contributed by atoms with Crippen molar-refractivity contribution in [2.24, 2.45) is 10.2 Å². The Hall–Kier alpha value is -4.09. The van der Waals surface area contributed by atoms with Crippen molar-refractivity contribution in [3.05, 3.63) is 78.1 Å². The molecular formula is C21H17N6O4S. The second kappa shape index (κ2) is 8.57. The number of aromatic hydroxyl groups is 1. The van der Waals surface area contributed by atoms with E-state index in [9.17, 15) is 18.3 Å². The normalized spacial score (nSPS) is 11.8. The van der Waals surface area contributed by atoms with E-state index < -0.39 is 10.0 Å². The van der Waals surface area contributed by atoms with E-state index in [1.807, 2.05) is 0 Å². The van der Waals surface area contributed by atoms with Gasteiger partial charge in [-0.1, -0.05) is 0 Å². The predicted octanol–water partition coefficient (Wildman–Crippen LogP) is 3.59. The Morgan fingerprint density at radius 1 is 1.06 bits per heavy atom. The van der Waals surface area contributed by atoms with Gasteiger partial charge >= 0.3 is 0 Å². The standard InChI is InChI=1S/C21H17N6O4S/c22-32(30,31)16-4-2-15(3-5-16)26-27-19-17-11-14(1-6-18(17)25-21(19)29)20(28)24-12-13-7-9-23-10-8-13/h1-11,22,25,29H,12H2,(H,24,28). The molecule has 0 saturated heterocycles. The molecule has 32 heavy (non-hydrogen) atoms. The summed E-state index contributed by atoms with van der Waals surface area (Å²) in [5.41, 5.74) is 2.33. The van der Waals surface area contributed by atoms with Crippen LogP contribution in [0.3, 0.4) is 0 Å². The van der Waals surface area contributed by atoms with Crippen molar-refractivity contribution in [3.63, 3.8) is 0 Å². The quantitative estimate of drug-likeness (QED) is 0.383. The Bertz CT molecular complexity index is 1410. The van der Waals surface area contributed by atoms with Gasteiger partial charge in [0.05, 0.1) is 16.1 Å². The lowest BCUT2D eigenvalue weighted by molar-refractivity contribution is 0.0951. The number of aromatic nitrogens is 2. The molecule has 10 nitrogen and oxygen atoms in total. The average molecular weight is 449 g/mol. The van der Waals surface area contributed by atoms with Crippen LogP contribution in [0.15, 0.2) is 82.1 Å². The number of H-pyrrole nitrogens is 1. The molecule has 0 aliphatic heterocycles. The molecule has 1 radical (unpaired) electrons. The molecule has 0 bridgehead atoms. The first kappa shape index (κ1) is 21.2. The first-order chi connectivity index (χ1) is 15.3. The monoisotopic (exact) mass is 449 g/mol. The molecule has 0 fully saturated rings. The van der Waals surface area contributed by atoms with Crippen LogP contribution in [0.2, 0.25) is 0 Å². The Morgan fingerprint density at radius 3 is 2.47 bits per heavy atom. The Morgan fingerprint density at radius 2 is 1.78 bits per heavy atom. The zero-order valence-electron chi connectivity index (χ0n) is 16.5. The van der Waals surface area contributed by atoms with Gasteiger partial charge in [0.25, 0.3) is 15.9 Å². The number of benzene rings is 2. The van der Waals surface area contributed by atoms with Crippen LogP contribution in [0.25, 0.3) is 10.9 Å². The van der Waals surface area contributed by atoms with Gasteiger partial charge in [0.1, 0.15) is 0 Å². The van der Waals surface area contributed by atoms with E-state index in [0.717, 1.165) is 5.56 Å². The van der Waals surface area contributed by atoms with Crippen LogP contribution < -0.4 is 10.5 Å². The second-order valence-corrected chi connectivity index (χ2v) is 8.30. The molecule has 4 aromatic rings. The van der Waals surface area contributed by atoms with Crippen molar-refractivity contribution in [1.82, 2.24) is 20.4 Å². The van der Waals surface area contributed by atoms with E-state index in [2.05, 4.69) is 25.5 Å². The molecule has 0 spiro atoms. The minimum atomic E-state index is -4.06.